The van der Waals surface area contributed by atoms with Gasteiger partial charge in [0, 0.05) is 17.6 Å². The number of halogens is 3. The molecule has 2 aromatic rings. The van der Waals surface area contributed by atoms with Gasteiger partial charge in [-0.1, -0.05) is 29.8 Å². The molecule has 2 nitrogen and oxygen atoms in total. The average Bonchev–Trinajstić information content (AvgIpc) is 2.49. The van der Waals surface area contributed by atoms with Crippen LogP contribution >= 0.6 is 27.5 Å². The summed E-state index contributed by atoms with van der Waals surface area (Å²) in [5.74, 6) is -0.249. The third-order valence-electron chi connectivity index (χ3n) is 3.43. The van der Waals surface area contributed by atoms with E-state index in [0.717, 1.165) is 10.0 Å². The van der Waals surface area contributed by atoms with Crippen molar-refractivity contribution in [3.63, 3.8) is 0 Å². The average molecular weight is 372 g/mol. The van der Waals surface area contributed by atoms with Crippen molar-refractivity contribution < 1.29 is 4.39 Å². The molecule has 0 aliphatic heterocycles. The van der Waals surface area contributed by atoms with Gasteiger partial charge in [0.1, 0.15) is 5.82 Å². The van der Waals surface area contributed by atoms with Crippen molar-refractivity contribution in [3.05, 3.63) is 63.3 Å². The Kier molecular flexibility index (Phi) is 5.62. The second kappa shape index (κ2) is 7.25. The maximum atomic E-state index is 14.1. The molecule has 0 heterocycles. The van der Waals surface area contributed by atoms with Gasteiger partial charge in [-0.05, 0) is 52.7 Å². The van der Waals surface area contributed by atoms with Gasteiger partial charge in [-0.2, -0.15) is 0 Å². The van der Waals surface area contributed by atoms with Gasteiger partial charge in [-0.3, -0.25) is 0 Å². The molecular formula is C16H17BrClFN2. The van der Waals surface area contributed by atoms with Gasteiger partial charge in [0.05, 0.1) is 16.8 Å². The van der Waals surface area contributed by atoms with Crippen molar-refractivity contribution in [2.24, 2.45) is 5.73 Å². The summed E-state index contributed by atoms with van der Waals surface area (Å²) in [6.07, 6.45) is 0. The highest BCUT2D eigenvalue weighted by Gasteiger charge is 2.21. The molecule has 21 heavy (non-hydrogen) atoms. The van der Waals surface area contributed by atoms with Crippen molar-refractivity contribution in [2.45, 2.75) is 13.0 Å². The van der Waals surface area contributed by atoms with Crippen LogP contribution in [0, 0.1) is 5.82 Å². The smallest absolute Gasteiger partial charge is 0.146 e. The SMILES string of the molecule is CCN(c1ccccc1F)C(CN)c1ccc(Br)c(Cl)c1. The summed E-state index contributed by atoms with van der Waals surface area (Å²) in [5, 5.41) is 0.621. The van der Waals surface area contributed by atoms with Gasteiger partial charge < -0.3 is 10.6 Å². The predicted octanol–water partition coefficient (Wildman–Crippen LogP) is 4.77. The minimum atomic E-state index is -0.249. The standard InChI is InChI=1S/C16H17BrClFN2/c1-2-21(15-6-4-3-5-14(15)19)16(10-20)11-7-8-12(17)13(18)9-11/h3-9,16H,2,10,20H2,1H3. The summed E-state index contributed by atoms with van der Waals surface area (Å²) in [7, 11) is 0. The van der Waals surface area contributed by atoms with E-state index >= 15 is 0 Å². The molecular weight excluding hydrogens is 355 g/mol. The van der Waals surface area contributed by atoms with Crippen LogP contribution in [0.15, 0.2) is 46.9 Å². The number of para-hydroxylation sites is 1. The molecule has 0 aliphatic rings. The van der Waals surface area contributed by atoms with E-state index in [1.807, 2.05) is 36.1 Å². The lowest BCUT2D eigenvalue weighted by Crippen LogP contribution is -2.34. The highest BCUT2D eigenvalue weighted by Crippen LogP contribution is 2.31. The Bertz CT molecular complexity index is 621. The summed E-state index contributed by atoms with van der Waals surface area (Å²) in [5.41, 5.74) is 7.46. The third-order valence-corrected chi connectivity index (χ3v) is 4.66. The molecule has 0 saturated heterocycles. The number of likely N-dealkylation sites (N-methyl/N-ethyl adjacent to an activating group) is 1. The first-order chi connectivity index (χ1) is 10.1. The van der Waals surface area contributed by atoms with Crippen molar-refractivity contribution >= 4 is 33.2 Å². The van der Waals surface area contributed by atoms with Crippen molar-refractivity contribution in [2.75, 3.05) is 18.0 Å². The molecule has 2 rings (SSSR count). The number of nitrogens with zero attached hydrogens (tertiary/aromatic N) is 1. The first kappa shape index (κ1) is 16.3. The second-order valence-electron chi connectivity index (χ2n) is 4.66. The monoisotopic (exact) mass is 370 g/mol. The lowest BCUT2D eigenvalue weighted by Gasteiger charge is -2.32. The first-order valence-electron chi connectivity index (χ1n) is 6.74. The van der Waals surface area contributed by atoms with Gasteiger partial charge in [0.15, 0.2) is 0 Å². The van der Waals surface area contributed by atoms with Crippen LogP contribution in [-0.4, -0.2) is 13.1 Å². The van der Waals surface area contributed by atoms with E-state index in [9.17, 15) is 4.39 Å². The number of anilines is 1. The van der Waals surface area contributed by atoms with Crippen molar-refractivity contribution in [1.82, 2.24) is 0 Å². The minimum absolute atomic E-state index is 0.127. The Labute approximate surface area is 137 Å². The summed E-state index contributed by atoms with van der Waals surface area (Å²) in [6, 6.07) is 12.3. The molecule has 0 spiro atoms. The Balaban J connectivity index is 2.42. The quantitative estimate of drug-likeness (QED) is 0.820. The van der Waals surface area contributed by atoms with E-state index in [1.54, 1.807) is 12.1 Å². The molecule has 5 heteroatoms. The van der Waals surface area contributed by atoms with Crippen LogP contribution < -0.4 is 10.6 Å². The largest absolute Gasteiger partial charge is 0.361 e. The fourth-order valence-corrected chi connectivity index (χ4v) is 2.84. The Morgan fingerprint density at radius 1 is 1.29 bits per heavy atom. The van der Waals surface area contributed by atoms with Crippen LogP contribution in [0.2, 0.25) is 5.02 Å². The van der Waals surface area contributed by atoms with E-state index < -0.39 is 0 Å². The maximum Gasteiger partial charge on any atom is 0.146 e. The normalized spacial score (nSPS) is 12.2. The minimum Gasteiger partial charge on any atom is -0.361 e. The number of benzene rings is 2. The summed E-state index contributed by atoms with van der Waals surface area (Å²) < 4.78 is 14.9. The van der Waals surface area contributed by atoms with E-state index in [1.165, 1.54) is 6.07 Å². The second-order valence-corrected chi connectivity index (χ2v) is 5.92. The molecule has 0 saturated carbocycles. The van der Waals surface area contributed by atoms with Crippen LogP contribution in [0.1, 0.15) is 18.5 Å². The van der Waals surface area contributed by atoms with Crippen LogP contribution in [0.4, 0.5) is 10.1 Å². The van der Waals surface area contributed by atoms with Gasteiger partial charge >= 0.3 is 0 Å². The van der Waals surface area contributed by atoms with Crippen LogP contribution in [-0.2, 0) is 0 Å². The molecule has 0 fully saturated rings. The molecule has 2 aromatic carbocycles. The number of nitrogens with two attached hydrogens (primary N) is 1. The zero-order chi connectivity index (χ0) is 15.4. The van der Waals surface area contributed by atoms with Gasteiger partial charge in [-0.15, -0.1) is 0 Å². The van der Waals surface area contributed by atoms with E-state index in [-0.39, 0.29) is 11.9 Å². The molecule has 0 amide bonds. The Morgan fingerprint density at radius 2 is 2.00 bits per heavy atom. The number of hydrogen-bond donors (Lipinski definition) is 1. The molecule has 112 valence electrons. The third kappa shape index (κ3) is 3.57. The van der Waals surface area contributed by atoms with Crippen LogP contribution in [0.3, 0.4) is 0 Å². The van der Waals surface area contributed by atoms with Crippen molar-refractivity contribution in [3.8, 4) is 0 Å². The highest BCUT2D eigenvalue weighted by molar-refractivity contribution is 9.10. The van der Waals surface area contributed by atoms with Crippen LogP contribution in [0.25, 0.3) is 0 Å². The zero-order valence-corrected chi connectivity index (χ0v) is 14.0. The Morgan fingerprint density at radius 3 is 2.57 bits per heavy atom. The molecule has 0 radical (unpaired) electrons. The van der Waals surface area contributed by atoms with E-state index in [0.29, 0.717) is 23.8 Å². The fourth-order valence-electron chi connectivity index (χ4n) is 2.41. The van der Waals surface area contributed by atoms with Gasteiger partial charge in [0.25, 0.3) is 0 Å². The molecule has 0 bridgehead atoms. The summed E-state index contributed by atoms with van der Waals surface area (Å²) >= 11 is 9.53. The molecule has 1 atom stereocenters. The van der Waals surface area contributed by atoms with Crippen LogP contribution in [0.5, 0.6) is 0 Å². The molecule has 2 N–H and O–H groups in total. The van der Waals surface area contributed by atoms with Crippen molar-refractivity contribution in [1.29, 1.82) is 0 Å². The maximum absolute atomic E-state index is 14.1. The summed E-state index contributed by atoms with van der Waals surface area (Å²) in [4.78, 5) is 1.95. The van der Waals surface area contributed by atoms with Gasteiger partial charge in [0.2, 0.25) is 0 Å². The summed E-state index contributed by atoms with van der Waals surface area (Å²) in [6.45, 7) is 3.01. The first-order valence-corrected chi connectivity index (χ1v) is 7.91. The molecule has 0 aliphatic carbocycles. The lowest BCUT2D eigenvalue weighted by molar-refractivity contribution is 0.588. The highest BCUT2D eigenvalue weighted by atomic mass is 79.9. The van der Waals surface area contributed by atoms with E-state index in [4.69, 9.17) is 17.3 Å². The van der Waals surface area contributed by atoms with E-state index in [2.05, 4.69) is 15.9 Å². The number of hydrogen-bond acceptors (Lipinski definition) is 2. The lowest BCUT2D eigenvalue weighted by atomic mass is 10.0. The molecule has 1 unspecified atom stereocenters. The topological polar surface area (TPSA) is 29.3 Å². The fraction of sp³-hybridized carbons (Fsp3) is 0.250. The molecule has 0 aromatic heterocycles. The zero-order valence-electron chi connectivity index (χ0n) is 11.7. The predicted molar refractivity (Wildman–Crippen MR) is 90.4 cm³/mol. The van der Waals surface area contributed by atoms with Gasteiger partial charge in [-0.25, -0.2) is 4.39 Å². The number of rotatable bonds is 5. The Hall–Kier alpha value is -1.10.